The summed E-state index contributed by atoms with van der Waals surface area (Å²) in [7, 11) is 0. The monoisotopic (exact) mass is 371 g/mol. The lowest BCUT2D eigenvalue weighted by Crippen LogP contribution is -2.41. The molecule has 0 heterocycles. The lowest BCUT2D eigenvalue weighted by Gasteiger charge is -2.14. The van der Waals surface area contributed by atoms with Crippen LogP contribution in [-0.4, -0.2) is 23.0 Å². The van der Waals surface area contributed by atoms with Gasteiger partial charge >= 0.3 is 12.1 Å². The summed E-state index contributed by atoms with van der Waals surface area (Å²) in [6.07, 6.45) is 2.00. The molecule has 1 aromatic carbocycles. The molecule has 0 fully saturated rings. The van der Waals surface area contributed by atoms with Crippen LogP contribution in [0.2, 0.25) is 0 Å². The average molecular weight is 371 g/mol. The molecule has 0 aliphatic carbocycles. The summed E-state index contributed by atoms with van der Waals surface area (Å²) >= 11 is 0. The van der Waals surface area contributed by atoms with Gasteiger partial charge in [-0.15, -0.1) is 6.58 Å². The number of nitrogens with one attached hydrogen (secondary N) is 1. The Balaban J connectivity index is 2.46. The molecule has 0 aliphatic heterocycles. The normalized spacial score (nSPS) is 12.4. The second-order valence-corrected chi connectivity index (χ2v) is 6.11. The number of carboxylic acid groups (broad SMARTS) is 1. The molecule has 0 spiro atoms. The molecule has 0 aliphatic rings. The van der Waals surface area contributed by atoms with Gasteiger partial charge in [0.1, 0.15) is 6.04 Å². The van der Waals surface area contributed by atoms with Gasteiger partial charge in [0, 0.05) is 0 Å². The molecule has 7 heteroatoms. The Morgan fingerprint density at radius 3 is 2.27 bits per heavy atom. The number of carbonyl (C=O) groups excluding carboxylic acids is 1. The fourth-order valence-electron chi connectivity index (χ4n) is 2.49. The highest BCUT2D eigenvalue weighted by molar-refractivity contribution is 5.84. The van der Waals surface area contributed by atoms with Crippen molar-refractivity contribution < 1.29 is 27.9 Å². The van der Waals surface area contributed by atoms with E-state index >= 15 is 0 Å². The smallest absolute Gasteiger partial charge is 0.416 e. The maximum atomic E-state index is 12.5. The van der Waals surface area contributed by atoms with E-state index in [-0.39, 0.29) is 6.42 Å². The molecule has 0 unspecified atom stereocenters. The SMILES string of the molecule is C=CCCCCCC[C@@H](NC(=O)Cc1ccc(C(F)(F)F)cc1)C(=O)O. The van der Waals surface area contributed by atoms with E-state index in [1.54, 1.807) is 0 Å². The first-order valence-electron chi connectivity index (χ1n) is 8.53. The van der Waals surface area contributed by atoms with Crippen molar-refractivity contribution in [3.8, 4) is 0 Å². The van der Waals surface area contributed by atoms with E-state index in [0.717, 1.165) is 37.8 Å². The van der Waals surface area contributed by atoms with Crippen LogP contribution in [0.1, 0.15) is 49.7 Å². The Kier molecular flexibility index (Phi) is 8.88. The van der Waals surface area contributed by atoms with Crippen molar-refractivity contribution in [2.45, 2.75) is 57.2 Å². The van der Waals surface area contributed by atoms with Crippen molar-refractivity contribution in [3.05, 3.63) is 48.0 Å². The molecule has 2 N–H and O–H groups in total. The number of rotatable bonds is 11. The lowest BCUT2D eigenvalue weighted by molar-refractivity contribution is -0.142. The molecule has 0 saturated heterocycles. The van der Waals surface area contributed by atoms with Crippen LogP contribution in [0.5, 0.6) is 0 Å². The Morgan fingerprint density at radius 2 is 1.73 bits per heavy atom. The number of alkyl halides is 3. The van der Waals surface area contributed by atoms with Gasteiger partial charge in [-0.1, -0.05) is 37.5 Å². The number of carbonyl (C=O) groups is 2. The van der Waals surface area contributed by atoms with Crippen LogP contribution in [-0.2, 0) is 22.2 Å². The molecule has 4 nitrogen and oxygen atoms in total. The first-order valence-corrected chi connectivity index (χ1v) is 8.53. The van der Waals surface area contributed by atoms with Gasteiger partial charge in [0.05, 0.1) is 12.0 Å². The topological polar surface area (TPSA) is 66.4 Å². The Labute approximate surface area is 151 Å². The van der Waals surface area contributed by atoms with E-state index in [9.17, 15) is 27.9 Å². The summed E-state index contributed by atoms with van der Waals surface area (Å²) in [6, 6.07) is 3.26. The number of carboxylic acids is 1. The first kappa shape index (κ1) is 21.7. The zero-order valence-corrected chi connectivity index (χ0v) is 14.5. The van der Waals surface area contributed by atoms with Gasteiger partial charge in [-0.25, -0.2) is 4.79 Å². The maximum absolute atomic E-state index is 12.5. The number of hydrogen-bond donors (Lipinski definition) is 2. The van der Waals surface area contributed by atoms with Crippen LogP contribution in [0.3, 0.4) is 0 Å². The van der Waals surface area contributed by atoms with Gasteiger partial charge in [-0.2, -0.15) is 13.2 Å². The number of hydrogen-bond acceptors (Lipinski definition) is 2. The standard InChI is InChI=1S/C19H24F3NO3/c1-2-3-4-5-6-7-8-16(18(25)26)23-17(24)13-14-9-11-15(12-10-14)19(20,21)22/h2,9-12,16H,1,3-8,13H2,(H,23,24)(H,25,26)/t16-/m1/s1. The maximum Gasteiger partial charge on any atom is 0.416 e. The van der Waals surface area contributed by atoms with Gasteiger partial charge in [-0.3, -0.25) is 4.79 Å². The number of unbranched alkanes of at least 4 members (excludes halogenated alkanes) is 4. The van der Waals surface area contributed by atoms with Crippen molar-refractivity contribution >= 4 is 11.9 Å². The van der Waals surface area contributed by atoms with Crippen LogP contribution in [0.25, 0.3) is 0 Å². The fourth-order valence-corrected chi connectivity index (χ4v) is 2.49. The van der Waals surface area contributed by atoms with Crippen molar-refractivity contribution in [1.29, 1.82) is 0 Å². The highest BCUT2D eigenvalue weighted by Crippen LogP contribution is 2.29. The predicted molar refractivity (Wildman–Crippen MR) is 92.6 cm³/mol. The molecule has 0 aromatic heterocycles. The summed E-state index contributed by atoms with van der Waals surface area (Å²) in [5, 5.41) is 11.6. The molecule has 1 atom stereocenters. The molecular formula is C19H24F3NO3. The van der Waals surface area contributed by atoms with Crippen LogP contribution in [0.4, 0.5) is 13.2 Å². The van der Waals surface area contributed by atoms with Crippen molar-refractivity contribution in [2.75, 3.05) is 0 Å². The minimum atomic E-state index is -4.43. The molecule has 26 heavy (non-hydrogen) atoms. The van der Waals surface area contributed by atoms with Gasteiger partial charge in [-0.05, 0) is 37.0 Å². The first-order chi connectivity index (χ1) is 12.2. The summed E-state index contributed by atoms with van der Waals surface area (Å²) in [4.78, 5) is 23.2. The zero-order valence-electron chi connectivity index (χ0n) is 14.5. The van der Waals surface area contributed by atoms with Crippen LogP contribution >= 0.6 is 0 Å². The second-order valence-electron chi connectivity index (χ2n) is 6.11. The Hall–Kier alpha value is -2.31. The zero-order chi connectivity index (χ0) is 19.6. The van der Waals surface area contributed by atoms with E-state index in [4.69, 9.17) is 0 Å². The highest BCUT2D eigenvalue weighted by atomic mass is 19.4. The van der Waals surface area contributed by atoms with Crippen molar-refractivity contribution in [1.82, 2.24) is 5.32 Å². The summed E-state index contributed by atoms with van der Waals surface area (Å²) < 4.78 is 37.5. The van der Waals surface area contributed by atoms with E-state index in [0.29, 0.717) is 18.4 Å². The molecule has 144 valence electrons. The minimum Gasteiger partial charge on any atom is -0.480 e. The van der Waals surface area contributed by atoms with Crippen molar-refractivity contribution in [2.24, 2.45) is 0 Å². The van der Waals surface area contributed by atoms with Crippen LogP contribution in [0.15, 0.2) is 36.9 Å². The third-order valence-corrected chi connectivity index (χ3v) is 3.93. The summed E-state index contributed by atoms with van der Waals surface area (Å²) in [5.41, 5.74) is -0.398. The number of benzene rings is 1. The second kappa shape index (κ2) is 10.6. The molecule has 1 rings (SSSR count). The molecular weight excluding hydrogens is 347 g/mol. The highest BCUT2D eigenvalue weighted by Gasteiger charge is 2.30. The van der Waals surface area contributed by atoms with Crippen LogP contribution < -0.4 is 5.32 Å². The molecule has 1 aromatic rings. The lowest BCUT2D eigenvalue weighted by atomic mass is 10.0. The Morgan fingerprint density at radius 1 is 1.12 bits per heavy atom. The van der Waals surface area contributed by atoms with E-state index < -0.39 is 29.7 Å². The summed E-state index contributed by atoms with van der Waals surface area (Å²) in [5.74, 6) is -1.64. The van der Waals surface area contributed by atoms with Gasteiger partial charge in [0.25, 0.3) is 0 Å². The van der Waals surface area contributed by atoms with E-state index in [1.807, 2.05) is 6.08 Å². The average Bonchev–Trinajstić information content (AvgIpc) is 2.56. The third-order valence-electron chi connectivity index (χ3n) is 3.93. The quantitative estimate of drug-likeness (QED) is 0.449. The number of aliphatic carboxylic acids is 1. The van der Waals surface area contributed by atoms with E-state index in [2.05, 4.69) is 11.9 Å². The van der Waals surface area contributed by atoms with E-state index in [1.165, 1.54) is 12.1 Å². The molecule has 0 bridgehead atoms. The number of halogens is 3. The number of amides is 1. The molecule has 1 amide bonds. The van der Waals surface area contributed by atoms with Gasteiger partial charge in [0.15, 0.2) is 0 Å². The van der Waals surface area contributed by atoms with Crippen LogP contribution in [0, 0.1) is 0 Å². The van der Waals surface area contributed by atoms with Gasteiger partial charge in [0.2, 0.25) is 5.91 Å². The fraction of sp³-hybridized carbons (Fsp3) is 0.474. The Bertz CT molecular complexity index is 597. The molecule has 0 saturated carbocycles. The third kappa shape index (κ3) is 8.18. The molecule has 0 radical (unpaired) electrons. The minimum absolute atomic E-state index is 0.165. The van der Waals surface area contributed by atoms with Crippen molar-refractivity contribution in [3.63, 3.8) is 0 Å². The van der Waals surface area contributed by atoms with Gasteiger partial charge < -0.3 is 10.4 Å². The largest absolute Gasteiger partial charge is 0.480 e. The predicted octanol–water partition coefficient (Wildman–Crippen LogP) is 4.34. The number of allylic oxidation sites excluding steroid dienone is 1. The summed E-state index contributed by atoms with van der Waals surface area (Å²) in [6.45, 7) is 3.63.